The Kier molecular flexibility index (Phi) is 5.12. The molecule has 2 aliphatic rings. The molecule has 0 atom stereocenters. The molecule has 1 aliphatic carbocycles. The number of benzene rings is 1. The molecule has 0 spiro atoms. The van der Waals surface area contributed by atoms with Gasteiger partial charge in [0, 0.05) is 43.7 Å². The Bertz CT molecular complexity index is 1370. The summed E-state index contributed by atoms with van der Waals surface area (Å²) in [6.45, 7) is 3.29. The zero-order valence-electron chi connectivity index (χ0n) is 17.9. The normalized spacial score (nSPS) is 17.0. The van der Waals surface area contributed by atoms with E-state index in [1.165, 1.54) is 6.20 Å². The van der Waals surface area contributed by atoms with Crippen LogP contribution in [0.15, 0.2) is 41.4 Å². The number of aromatic amines is 1. The Balaban J connectivity index is 1.45. The van der Waals surface area contributed by atoms with Crippen LogP contribution in [0.25, 0.3) is 27.5 Å². The first-order chi connectivity index (χ1) is 15.7. The second kappa shape index (κ2) is 7.87. The smallest absolute Gasteiger partial charge is 0.336 e. The van der Waals surface area contributed by atoms with Crippen LogP contribution in [-0.2, 0) is 0 Å². The Hall–Kier alpha value is -3.40. The van der Waals surface area contributed by atoms with Crippen molar-refractivity contribution in [3.05, 3.63) is 58.0 Å². The number of pyridine rings is 1. The molecule has 2 aromatic heterocycles. The fourth-order valence-corrected chi connectivity index (χ4v) is 4.35. The molecule has 1 aromatic carbocycles. The lowest BCUT2D eigenvalue weighted by Gasteiger charge is -2.35. The number of piperazine rings is 1. The van der Waals surface area contributed by atoms with Gasteiger partial charge in [0.25, 0.3) is 11.5 Å². The van der Waals surface area contributed by atoms with Gasteiger partial charge in [-0.05, 0) is 36.8 Å². The number of nitrogens with zero attached hydrogens (tertiary/aromatic N) is 4. The first-order valence-corrected chi connectivity index (χ1v) is 10.7. The van der Waals surface area contributed by atoms with Crippen molar-refractivity contribution in [2.45, 2.75) is 19.5 Å². The summed E-state index contributed by atoms with van der Waals surface area (Å²) in [5.41, 5.74) is 3.07. The van der Waals surface area contributed by atoms with Crippen molar-refractivity contribution in [1.82, 2.24) is 24.6 Å². The minimum absolute atomic E-state index is 0.0554. The van der Waals surface area contributed by atoms with E-state index in [-0.39, 0.29) is 18.0 Å². The predicted molar refractivity (Wildman–Crippen MR) is 119 cm³/mol. The minimum atomic E-state index is -4.18. The fourth-order valence-electron chi connectivity index (χ4n) is 4.35. The Morgan fingerprint density at radius 3 is 2.52 bits per heavy atom. The van der Waals surface area contributed by atoms with E-state index in [0.717, 1.165) is 11.3 Å². The van der Waals surface area contributed by atoms with Gasteiger partial charge in [0.15, 0.2) is 0 Å². The number of H-pyrrole nitrogens is 1. The van der Waals surface area contributed by atoms with Gasteiger partial charge in [-0.25, -0.2) is 4.68 Å². The number of rotatable bonds is 4. The largest absolute Gasteiger partial charge is 0.390 e. The molecule has 1 fully saturated rings. The number of carbonyl (C=O) groups excluding carboxylic acids is 1. The van der Waals surface area contributed by atoms with Crippen molar-refractivity contribution in [3.8, 4) is 0 Å². The third kappa shape index (κ3) is 3.95. The minimum Gasteiger partial charge on any atom is -0.336 e. The van der Waals surface area contributed by atoms with Crippen LogP contribution in [0, 0.1) is 6.92 Å². The van der Waals surface area contributed by atoms with Crippen LogP contribution < -0.4 is 5.56 Å². The standard InChI is InChI=1S/C23H22F3N5O2/c1-14-11-19-17(20-18(21(32)28-19)13-27-31(20)15-3-2-4-15)12-16(14)22(33)30-9-7-29(8-10-30)6-5-23(24,25)26/h2-4,11-13H,5-10H2,1H3,(H,28,32). The van der Waals surface area contributed by atoms with Gasteiger partial charge >= 0.3 is 6.18 Å². The highest BCUT2D eigenvalue weighted by Crippen LogP contribution is 2.29. The summed E-state index contributed by atoms with van der Waals surface area (Å²) in [5, 5.41) is 5.50. The average molecular weight is 457 g/mol. The summed E-state index contributed by atoms with van der Waals surface area (Å²) in [4.78, 5) is 32.2. The lowest BCUT2D eigenvalue weighted by molar-refractivity contribution is -0.138. The van der Waals surface area contributed by atoms with E-state index >= 15 is 0 Å². The monoisotopic (exact) mass is 457 g/mol. The van der Waals surface area contributed by atoms with E-state index in [2.05, 4.69) is 10.1 Å². The zero-order chi connectivity index (χ0) is 23.3. The van der Waals surface area contributed by atoms with Crippen molar-refractivity contribution in [3.63, 3.8) is 0 Å². The summed E-state index contributed by atoms with van der Waals surface area (Å²) in [6.07, 6.45) is 2.14. The first-order valence-electron chi connectivity index (χ1n) is 10.7. The molecule has 10 heteroatoms. The molecule has 3 heterocycles. The van der Waals surface area contributed by atoms with Gasteiger partial charge in [0.05, 0.1) is 34.7 Å². The second-order valence-electron chi connectivity index (χ2n) is 8.44. The van der Waals surface area contributed by atoms with Gasteiger partial charge in [-0.3, -0.25) is 14.5 Å². The number of hydrogen-bond donors (Lipinski definition) is 1. The molecular weight excluding hydrogens is 435 g/mol. The number of amides is 1. The molecule has 0 unspecified atom stereocenters. The fraction of sp³-hybridized carbons (Fsp3) is 0.348. The SMILES string of the molecule is Cc1cc2[nH]c(=O)c3cnn(C4=CC=C4)c3c2cc1C(=O)N1CCN(CCC(F)(F)F)CC1. The van der Waals surface area contributed by atoms with E-state index in [9.17, 15) is 22.8 Å². The molecule has 1 aliphatic heterocycles. The molecule has 1 saturated heterocycles. The molecule has 5 rings (SSSR count). The van der Waals surface area contributed by atoms with E-state index in [1.54, 1.807) is 26.6 Å². The van der Waals surface area contributed by atoms with Crippen LogP contribution in [0.3, 0.4) is 0 Å². The van der Waals surface area contributed by atoms with Crippen LogP contribution in [-0.4, -0.2) is 69.4 Å². The highest BCUT2D eigenvalue weighted by molar-refractivity contribution is 6.08. The molecular formula is C23H22F3N5O2. The van der Waals surface area contributed by atoms with Gasteiger partial charge in [-0.15, -0.1) is 0 Å². The average Bonchev–Trinajstić information content (AvgIpc) is 3.15. The summed E-state index contributed by atoms with van der Waals surface area (Å²) in [7, 11) is 0. The Morgan fingerprint density at radius 2 is 1.88 bits per heavy atom. The van der Waals surface area contributed by atoms with Crippen LogP contribution >= 0.6 is 0 Å². The number of aromatic nitrogens is 3. The molecule has 7 nitrogen and oxygen atoms in total. The molecule has 172 valence electrons. The van der Waals surface area contributed by atoms with E-state index in [0.29, 0.717) is 53.5 Å². The molecule has 33 heavy (non-hydrogen) atoms. The van der Waals surface area contributed by atoms with Crippen LogP contribution in [0.2, 0.25) is 0 Å². The maximum Gasteiger partial charge on any atom is 0.390 e. The number of hydrogen-bond acceptors (Lipinski definition) is 4. The topological polar surface area (TPSA) is 74.2 Å². The second-order valence-corrected chi connectivity index (χ2v) is 8.44. The van der Waals surface area contributed by atoms with Crippen molar-refractivity contribution in [2.24, 2.45) is 0 Å². The summed E-state index contributed by atoms with van der Waals surface area (Å²) in [5.74, 6) is -0.168. The van der Waals surface area contributed by atoms with Crippen LogP contribution in [0.5, 0.6) is 0 Å². The van der Waals surface area contributed by atoms with Gasteiger partial charge in [0.1, 0.15) is 0 Å². The van der Waals surface area contributed by atoms with E-state index < -0.39 is 12.6 Å². The number of fused-ring (bicyclic) bond motifs is 3. The number of carbonyl (C=O) groups is 1. The van der Waals surface area contributed by atoms with Crippen LogP contribution in [0.4, 0.5) is 13.2 Å². The molecule has 0 bridgehead atoms. The lowest BCUT2D eigenvalue weighted by Crippen LogP contribution is -2.49. The van der Waals surface area contributed by atoms with Crippen molar-refractivity contribution < 1.29 is 18.0 Å². The number of allylic oxidation sites excluding steroid dienone is 4. The maximum atomic E-state index is 13.3. The number of alkyl halides is 3. The van der Waals surface area contributed by atoms with Crippen molar-refractivity contribution in [2.75, 3.05) is 32.7 Å². The molecule has 3 aromatic rings. The number of nitrogens with one attached hydrogen (secondary N) is 1. The van der Waals surface area contributed by atoms with Crippen molar-refractivity contribution in [1.29, 1.82) is 0 Å². The summed E-state index contributed by atoms with van der Waals surface area (Å²) < 4.78 is 39.2. The van der Waals surface area contributed by atoms with Gasteiger partial charge in [0.2, 0.25) is 0 Å². The molecule has 1 amide bonds. The Morgan fingerprint density at radius 1 is 1.15 bits per heavy atom. The molecule has 0 radical (unpaired) electrons. The van der Waals surface area contributed by atoms with Crippen LogP contribution in [0.1, 0.15) is 22.3 Å². The summed E-state index contributed by atoms with van der Waals surface area (Å²) in [6, 6.07) is 3.56. The maximum absolute atomic E-state index is 13.3. The zero-order valence-corrected chi connectivity index (χ0v) is 17.9. The summed E-state index contributed by atoms with van der Waals surface area (Å²) >= 11 is 0. The quantitative estimate of drug-likeness (QED) is 0.653. The van der Waals surface area contributed by atoms with E-state index in [4.69, 9.17) is 0 Å². The van der Waals surface area contributed by atoms with E-state index in [1.807, 2.05) is 25.2 Å². The Labute approximate surface area is 186 Å². The number of aryl methyl sites for hydroxylation is 1. The molecule has 1 N–H and O–H groups in total. The van der Waals surface area contributed by atoms with Gasteiger partial charge in [-0.2, -0.15) is 18.3 Å². The van der Waals surface area contributed by atoms with Gasteiger partial charge < -0.3 is 9.88 Å². The van der Waals surface area contributed by atoms with Gasteiger partial charge in [-0.1, -0.05) is 6.08 Å². The van der Waals surface area contributed by atoms with Crippen molar-refractivity contribution >= 4 is 33.4 Å². The highest BCUT2D eigenvalue weighted by atomic mass is 19.4. The molecule has 0 saturated carbocycles. The highest BCUT2D eigenvalue weighted by Gasteiger charge is 2.30. The third-order valence-electron chi connectivity index (χ3n) is 6.26. The predicted octanol–water partition coefficient (Wildman–Crippen LogP) is 3.31. The number of halogens is 3. The first kappa shape index (κ1) is 21.4. The lowest BCUT2D eigenvalue weighted by atomic mass is 10.0. The third-order valence-corrected chi connectivity index (χ3v) is 6.26.